The van der Waals surface area contributed by atoms with E-state index < -0.39 is 0 Å². The zero-order valence-electron chi connectivity index (χ0n) is 8.84. The van der Waals surface area contributed by atoms with Crippen LogP contribution >= 0.6 is 27.5 Å². The minimum atomic E-state index is -0.314. The number of benzene rings is 1. The van der Waals surface area contributed by atoms with Gasteiger partial charge in [0.15, 0.2) is 0 Å². The van der Waals surface area contributed by atoms with Gasteiger partial charge in [-0.05, 0) is 24.6 Å². The molecular weight excluding hydrogens is 293 g/mol. The molecular formula is C11H13BrClNO2. The number of nitrogens with one attached hydrogen (secondary N) is 1. The number of amides is 1. The highest BCUT2D eigenvalue weighted by Gasteiger charge is 2.14. The Morgan fingerprint density at radius 1 is 1.62 bits per heavy atom. The van der Waals surface area contributed by atoms with E-state index in [1.165, 1.54) is 18.2 Å². The Morgan fingerprint density at radius 2 is 2.31 bits per heavy atom. The number of carbonyl (C=O) groups excluding carboxylic acids is 1. The number of carbonyl (C=O) groups is 1. The van der Waals surface area contributed by atoms with Gasteiger partial charge >= 0.3 is 0 Å². The van der Waals surface area contributed by atoms with E-state index in [9.17, 15) is 9.90 Å². The van der Waals surface area contributed by atoms with E-state index in [4.69, 9.17) is 11.6 Å². The summed E-state index contributed by atoms with van der Waals surface area (Å²) in [6, 6.07) is 4.44. The first kappa shape index (κ1) is 13.3. The Labute approximate surface area is 108 Å². The number of halogens is 2. The fourth-order valence-corrected chi connectivity index (χ4v) is 1.99. The van der Waals surface area contributed by atoms with Gasteiger partial charge in [-0.1, -0.05) is 34.5 Å². The van der Waals surface area contributed by atoms with Gasteiger partial charge in [-0.25, -0.2) is 0 Å². The smallest absolute Gasteiger partial charge is 0.255 e. The first-order chi connectivity index (χ1) is 7.58. The highest BCUT2D eigenvalue weighted by Crippen LogP contribution is 2.21. The predicted octanol–water partition coefficient (Wildman–Crippen LogP) is 2.95. The second-order valence-corrected chi connectivity index (χ2v) is 4.48. The van der Waals surface area contributed by atoms with E-state index in [2.05, 4.69) is 21.2 Å². The van der Waals surface area contributed by atoms with Crippen LogP contribution in [0.5, 0.6) is 5.75 Å². The topological polar surface area (TPSA) is 49.3 Å². The van der Waals surface area contributed by atoms with Crippen LogP contribution in [0, 0.1) is 0 Å². The lowest BCUT2D eigenvalue weighted by Gasteiger charge is -2.14. The zero-order valence-corrected chi connectivity index (χ0v) is 11.2. The minimum absolute atomic E-state index is 0.0471. The van der Waals surface area contributed by atoms with Gasteiger partial charge in [0.2, 0.25) is 0 Å². The van der Waals surface area contributed by atoms with Crippen LogP contribution in [-0.4, -0.2) is 22.4 Å². The van der Waals surface area contributed by atoms with Crippen LogP contribution in [0.3, 0.4) is 0 Å². The molecule has 88 valence electrons. The summed E-state index contributed by atoms with van der Waals surface area (Å²) in [5.41, 5.74) is 0.201. The summed E-state index contributed by atoms with van der Waals surface area (Å²) >= 11 is 9.07. The van der Waals surface area contributed by atoms with Crippen molar-refractivity contribution in [2.45, 2.75) is 19.4 Å². The van der Waals surface area contributed by atoms with E-state index in [-0.39, 0.29) is 23.3 Å². The largest absolute Gasteiger partial charge is 0.507 e. The molecule has 1 aromatic carbocycles. The number of hydrogen-bond donors (Lipinski definition) is 2. The molecule has 1 unspecified atom stereocenters. The normalized spacial score (nSPS) is 12.2. The lowest BCUT2D eigenvalue weighted by atomic mass is 10.1. The third kappa shape index (κ3) is 3.39. The fraction of sp³-hybridized carbons (Fsp3) is 0.364. The number of phenolic OH excluding ortho intramolecular Hbond substituents is 1. The molecule has 2 N–H and O–H groups in total. The summed E-state index contributed by atoms with van der Waals surface area (Å²) in [7, 11) is 0. The summed E-state index contributed by atoms with van der Waals surface area (Å²) in [5.74, 6) is -0.377. The van der Waals surface area contributed by atoms with E-state index >= 15 is 0 Å². The average molecular weight is 307 g/mol. The Hall–Kier alpha value is -0.740. The van der Waals surface area contributed by atoms with Gasteiger partial charge in [-0.15, -0.1) is 0 Å². The van der Waals surface area contributed by atoms with Crippen molar-refractivity contribution in [1.82, 2.24) is 5.32 Å². The summed E-state index contributed by atoms with van der Waals surface area (Å²) < 4.78 is 0. The van der Waals surface area contributed by atoms with Crippen molar-refractivity contribution in [3.63, 3.8) is 0 Å². The maximum Gasteiger partial charge on any atom is 0.255 e. The van der Waals surface area contributed by atoms with Crippen molar-refractivity contribution in [2.75, 3.05) is 5.33 Å². The van der Waals surface area contributed by atoms with Crippen LogP contribution in [-0.2, 0) is 0 Å². The van der Waals surface area contributed by atoms with Gasteiger partial charge in [0.25, 0.3) is 5.91 Å². The second-order valence-electron chi connectivity index (χ2n) is 3.39. The van der Waals surface area contributed by atoms with Gasteiger partial charge in [0.05, 0.1) is 5.56 Å². The molecule has 0 radical (unpaired) electrons. The van der Waals surface area contributed by atoms with E-state index in [1.54, 1.807) is 0 Å². The molecule has 0 heterocycles. The lowest BCUT2D eigenvalue weighted by Crippen LogP contribution is -2.35. The molecule has 1 atom stereocenters. The van der Waals surface area contributed by atoms with Crippen LogP contribution < -0.4 is 5.32 Å². The SMILES string of the molecule is CCC(CBr)NC(=O)c1cc(Cl)ccc1O. The standard InChI is InChI=1S/C11H13BrClNO2/c1-2-8(6-12)14-11(16)9-5-7(13)3-4-10(9)15/h3-5,8,15H,2,6H2,1H3,(H,14,16). The van der Waals surface area contributed by atoms with Gasteiger partial charge in [0, 0.05) is 16.4 Å². The van der Waals surface area contributed by atoms with Crippen molar-refractivity contribution in [3.05, 3.63) is 28.8 Å². The number of alkyl halides is 1. The van der Waals surface area contributed by atoms with Gasteiger partial charge in [-0.3, -0.25) is 4.79 Å². The summed E-state index contributed by atoms with van der Waals surface area (Å²) in [6.07, 6.45) is 0.818. The summed E-state index contributed by atoms with van der Waals surface area (Å²) in [5, 5.41) is 13.4. The fourth-order valence-electron chi connectivity index (χ4n) is 1.20. The molecule has 0 saturated carbocycles. The zero-order chi connectivity index (χ0) is 12.1. The van der Waals surface area contributed by atoms with Crippen molar-refractivity contribution < 1.29 is 9.90 Å². The molecule has 0 aliphatic rings. The number of aromatic hydroxyl groups is 1. The monoisotopic (exact) mass is 305 g/mol. The second kappa shape index (κ2) is 6.11. The van der Waals surface area contributed by atoms with Crippen molar-refractivity contribution >= 4 is 33.4 Å². The van der Waals surface area contributed by atoms with Crippen LogP contribution in [0.4, 0.5) is 0 Å². The first-order valence-electron chi connectivity index (χ1n) is 4.93. The van der Waals surface area contributed by atoms with Crippen molar-refractivity contribution in [1.29, 1.82) is 0 Å². The van der Waals surface area contributed by atoms with E-state index in [1.807, 2.05) is 6.92 Å². The van der Waals surface area contributed by atoms with Crippen molar-refractivity contribution in [3.8, 4) is 5.75 Å². The molecule has 0 spiro atoms. The highest BCUT2D eigenvalue weighted by molar-refractivity contribution is 9.09. The number of phenols is 1. The van der Waals surface area contributed by atoms with Crippen molar-refractivity contribution in [2.24, 2.45) is 0 Å². The Morgan fingerprint density at radius 3 is 2.88 bits per heavy atom. The molecule has 0 aromatic heterocycles. The molecule has 5 heteroatoms. The summed E-state index contributed by atoms with van der Waals surface area (Å²) in [6.45, 7) is 1.98. The molecule has 0 fully saturated rings. The number of hydrogen-bond acceptors (Lipinski definition) is 2. The molecule has 0 aliphatic heterocycles. The Balaban J connectivity index is 2.83. The lowest BCUT2D eigenvalue weighted by molar-refractivity contribution is 0.0937. The molecule has 0 saturated heterocycles. The van der Waals surface area contributed by atoms with Crippen LogP contribution in [0.25, 0.3) is 0 Å². The average Bonchev–Trinajstić information content (AvgIpc) is 2.28. The van der Waals surface area contributed by atoms with Gasteiger partial charge in [0.1, 0.15) is 5.75 Å². The van der Waals surface area contributed by atoms with Crippen LogP contribution in [0.15, 0.2) is 18.2 Å². The molecule has 3 nitrogen and oxygen atoms in total. The molecule has 1 amide bonds. The third-order valence-corrected chi connectivity index (χ3v) is 3.23. The van der Waals surface area contributed by atoms with E-state index in [0.29, 0.717) is 10.4 Å². The predicted molar refractivity (Wildman–Crippen MR) is 68.5 cm³/mol. The Bertz CT molecular complexity index is 380. The van der Waals surface area contributed by atoms with Gasteiger partial charge < -0.3 is 10.4 Å². The minimum Gasteiger partial charge on any atom is -0.507 e. The number of rotatable bonds is 4. The van der Waals surface area contributed by atoms with Crippen LogP contribution in [0.2, 0.25) is 5.02 Å². The first-order valence-corrected chi connectivity index (χ1v) is 6.43. The van der Waals surface area contributed by atoms with E-state index in [0.717, 1.165) is 6.42 Å². The van der Waals surface area contributed by atoms with Gasteiger partial charge in [-0.2, -0.15) is 0 Å². The molecule has 1 aromatic rings. The van der Waals surface area contributed by atoms with Crippen LogP contribution in [0.1, 0.15) is 23.7 Å². The molecule has 16 heavy (non-hydrogen) atoms. The molecule has 0 aliphatic carbocycles. The highest BCUT2D eigenvalue weighted by atomic mass is 79.9. The summed E-state index contributed by atoms with van der Waals surface area (Å²) in [4.78, 5) is 11.8. The molecule has 1 rings (SSSR count). The maximum atomic E-state index is 11.8. The third-order valence-electron chi connectivity index (χ3n) is 2.22. The molecule has 0 bridgehead atoms. The maximum absolute atomic E-state index is 11.8. The Kier molecular flexibility index (Phi) is 5.09. The quantitative estimate of drug-likeness (QED) is 0.840.